The van der Waals surface area contributed by atoms with Gasteiger partial charge in [0.2, 0.25) is 0 Å². The zero-order valence-electron chi connectivity index (χ0n) is 9.52. The molecule has 4 heteroatoms. The average molecular weight is 255 g/mol. The Morgan fingerprint density at radius 3 is 3.19 bits per heavy atom. The molecule has 0 N–H and O–H groups in total. The Bertz CT molecular complexity index is 337. The van der Waals surface area contributed by atoms with Crippen molar-refractivity contribution in [1.29, 1.82) is 0 Å². The third-order valence-corrected chi connectivity index (χ3v) is 4.92. The molecule has 1 fully saturated rings. The lowest BCUT2D eigenvalue weighted by atomic mass is 10.1. The van der Waals surface area contributed by atoms with Crippen molar-refractivity contribution in [3.8, 4) is 0 Å². The smallest absolute Gasteiger partial charge is 0.151 e. The van der Waals surface area contributed by atoms with E-state index < -0.39 is 0 Å². The molecule has 0 amide bonds. The molecule has 0 aromatic carbocycles. The van der Waals surface area contributed by atoms with Crippen molar-refractivity contribution in [3.63, 3.8) is 0 Å². The molecular formula is C12H17NOS2. The van der Waals surface area contributed by atoms with Crippen molar-refractivity contribution >= 4 is 28.9 Å². The highest BCUT2D eigenvalue weighted by Crippen LogP contribution is 2.18. The van der Waals surface area contributed by atoms with Crippen LogP contribution in [0.3, 0.4) is 0 Å². The number of carbonyl (C=O) groups excluding carboxylic acids is 1. The molecule has 0 radical (unpaired) electrons. The topological polar surface area (TPSA) is 20.3 Å². The van der Waals surface area contributed by atoms with Crippen LogP contribution in [0.4, 0.5) is 0 Å². The second kappa shape index (κ2) is 5.84. The lowest BCUT2D eigenvalue weighted by Gasteiger charge is -2.30. The molecule has 0 aliphatic carbocycles. The van der Waals surface area contributed by atoms with E-state index in [4.69, 9.17) is 0 Å². The molecule has 1 unspecified atom stereocenters. The number of nitrogens with zero attached hydrogens (tertiary/aromatic N) is 1. The minimum absolute atomic E-state index is 0.152. The van der Waals surface area contributed by atoms with E-state index in [-0.39, 0.29) is 6.04 Å². The number of hydrogen-bond acceptors (Lipinski definition) is 4. The van der Waals surface area contributed by atoms with Gasteiger partial charge in [-0.1, -0.05) is 6.07 Å². The minimum atomic E-state index is 0.152. The molecule has 1 saturated heterocycles. The lowest BCUT2D eigenvalue weighted by Crippen LogP contribution is -2.44. The summed E-state index contributed by atoms with van der Waals surface area (Å²) >= 11 is 3.64. The maximum Gasteiger partial charge on any atom is 0.151 e. The van der Waals surface area contributed by atoms with Crippen LogP contribution in [0.1, 0.15) is 11.3 Å². The molecule has 16 heavy (non-hydrogen) atoms. The van der Waals surface area contributed by atoms with Crippen molar-refractivity contribution < 1.29 is 4.79 Å². The summed E-state index contributed by atoms with van der Waals surface area (Å²) in [6, 6.07) is 4.31. The van der Waals surface area contributed by atoms with Crippen LogP contribution in [-0.2, 0) is 11.2 Å². The highest BCUT2D eigenvalue weighted by atomic mass is 32.2. The molecule has 2 heterocycles. The summed E-state index contributed by atoms with van der Waals surface area (Å²) in [7, 11) is 2.06. The van der Waals surface area contributed by atoms with Gasteiger partial charge in [0.1, 0.15) is 0 Å². The van der Waals surface area contributed by atoms with Crippen LogP contribution in [0.15, 0.2) is 17.5 Å². The van der Waals surface area contributed by atoms with Crippen molar-refractivity contribution in [1.82, 2.24) is 4.90 Å². The zero-order valence-corrected chi connectivity index (χ0v) is 11.1. The van der Waals surface area contributed by atoms with Gasteiger partial charge in [-0.25, -0.2) is 0 Å². The lowest BCUT2D eigenvalue weighted by molar-refractivity contribution is -0.123. The van der Waals surface area contributed by atoms with Crippen LogP contribution in [0, 0.1) is 0 Å². The van der Waals surface area contributed by atoms with Gasteiger partial charge in [-0.15, -0.1) is 11.3 Å². The number of rotatable bonds is 4. The van der Waals surface area contributed by atoms with Crippen LogP contribution in [-0.4, -0.2) is 41.8 Å². The van der Waals surface area contributed by atoms with Crippen molar-refractivity contribution in [2.24, 2.45) is 0 Å². The Kier molecular flexibility index (Phi) is 4.44. The first-order chi connectivity index (χ1) is 7.77. The van der Waals surface area contributed by atoms with E-state index in [0.717, 1.165) is 24.5 Å². The van der Waals surface area contributed by atoms with E-state index in [1.54, 1.807) is 11.3 Å². The summed E-state index contributed by atoms with van der Waals surface area (Å²) < 4.78 is 0. The number of aryl methyl sites for hydroxylation is 1. The maximum atomic E-state index is 12.1. The van der Waals surface area contributed by atoms with E-state index in [1.165, 1.54) is 4.88 Å². The van der Waals surface area contributed by atoms with E-state index in [9.17, 15) is 4.79 Å². The summed E-state index contributed by atoms with van der Waals surface area (Å²) in [5, 5.41) is 2.07. The largest absolute Gasteiger partial charge is 0.298 e. The average Bonchev–Trinajstić information content (AvgIpc) is 2.79. The Balaban J connectivity index is 1.83. The Labute approximate surface area is 105 Å². The van der Waals surface area contributed by atoms with E-state index in [0.29, 0.717) is 12.2 Å². The van der Waals surface area contributed by atoms with Gasteiger partial charge in [0.05, 0.1) is 6.04 Å². The molecule has 0 saturated carbocycles. The number of thioether (sulfide) groups is 1. The maximum absolute atomic E-state index is 12.1. The Morgan fingerprint density at radius 2 is 2.50 bits per heavy atom. The highest BCUT2D eigenvalue weighted by Gasteiger charge is 2.25. The summed E-state index contributed by atoms with van der Waals surface area (Å²) in [6.45, 7) is 1.04. The molecule has 88 valence electrons. The van der Waals surface area contributed by atoms with E-state index in [1.807, 2.05) is 17.8 Å². The molecule has 0 bridgehead atoms. The standard InChI is InChI=1S/C12H17NOS2/c1-13-6-8-15-9-11(13)12(14)5-4-10-3-2-7-16-10/h2-3,7,11H,4-6,8-9H2,1H3. The number of thiophene rings is 1. The minimum Gasteiger partial charge on any atom is -0.298 e. The van der Waals surface area contributed by atoms with Crippen LogP contribution in [0.25, 0.3) is 0 Å². The van der Waals surface area contributed by atoms with Crippen LogP contribution in [0.2, 0.25) is 0 Å². The fraction of sp³-hybridized carbons (Fsp3) is 0.583. The van der Waals surface area contributed by atoms with Gasteiger partial charge in [-0.2, -0.15) is 11.8 Å². The normalized spacial score (nSPS) is 22.2. The van der Waals surface area contributed by atoms with Gasteiger partial charge in [0, 0.05) is 29.3 Å². The summed E-state index contributed by atoms with van der Waals surface area (Å²) in [5.74, 6) is 2.54. The van der Waals surface area contributed by atoms with Crippen molar-refractivity contribution in [3.05, 3.63) is 22.4 Å². The molecule has 0 spiro atoms. The number of hydrogen-bond donors (Lipinski definition) is 0. The van der Waals surface area contributed by atoms with E-state index >= 15 is 0 Å². The molecule has 1 aromatic heterocycles. The number of likely N-dealkylation sites (N-methyl/N-ethyl adjacent to an activating group) is 1. The Morgan fingerprint density at radius 1 is 1.62 bits per heavy atom. The summed E-state index contributed by atoms with van der Waals surface area (Å²) in [6.07, 6.45) is 1.60. The SMILES string of the molecule is CN1CCSCC1C(=O)CCc1cccs1. The first-order valence-electron chi connectivity index (χ1n) is 5.60. The third kappa shape index (κ3) is 3.09. The van der Waals surface area contributed by atoms with Gasteiger partial charge in [0.15, 0.2) is 5.78 Å². The fourth-order valence-electron chi connectivity index (χ4n) is 1.89. The predicted octanol–water partition coefficient (Wildman–Crippen LogP) is 2.30. The molecule has 1 atom stereocenters. The van der Waals surface area contributed by atoms with Crippen molar-refractivity contribution in [2.45, 2.75) is 18.9 Å². The van der Waals surface area contributed by atoms with E-state index in [2.05, 4.69) is 23.4 Å². The monoisotopic (exact) mass is 255 g/mol. The molecule has 1 aliphatic heterocycles. The summed E-state index contributed by atoms with van der Waals surface area (Å²) in [4.78, 5) is 15.6. The molecular weight excluding hydrogens is 238 g/mol. The second-order valence-electron chi connectivity index (χ2n) is 4.12. The first-order valence-corrected chi connectivity index (χ1v) is 7.64. The highest BCUT2D eigenvalue weighted by molar-refractivity contribution is 7.99. The van der Waals surface area contributed by atoms with Crippen LogP contribution < -0.4 is 0 Å². The third-order valence-electron chi connectivity index (χ3n) is 2.97. The van der Waals surface area contributed by atoms with Gasteiger partial charge in [-0.05, 0) is 24.9 Å². The Hall–Kier alpha value is -0.320. The predicted molar refractivity (Wildman–Crippen MR) is 71.4 cm³/mol. The number of Topliss-reactive ketones (excluding diaryl/α,β-unsaturated/α-hetero) is 1. The first kappa shape index (κ1) is 12.1. The van der Waals surface area contributed by atoms with Crippen LogP contribution in [0.5, 0.6) is 0 Å². The van der Waals surface area contributed by atoms with Gasteiger partial charge in [-0.3, -0.25) is 9.69 Å². The quantitative estimate of drug-likeness (QED) is 0.823. The summed E-state index contributed by atoms with van der Waals surface area (Å²) in [5.41, 5.74) is 0. The number of ketones is 1. The zero-order chi connectivity index (χ0) is 11.4. The van der Waals surface area contributed by atoms with Gasteiger partial charge < -0.3 is 0 Å². The molecule has 2 nitrogen and oxygen atoms in total. The molecule has 1 aromatic rings. The van der Waals surface area contributed by atoms with Gasteiger partial charge in [0.25, 0.3) is 0 Å². The second-order valence-corrected chi connectivity index (χ2v) is 6.30. The van der Waals surface area contributed by atoms with Crippen molar-refractivity contribution in [2.75, 3.05) is 25.1 Å². The molecule has 1 aliphatic rings. The molecule has 2 rings (SSSR count). The van der Waals surface area contributed by atoms with Gasteiger partial charge >= 0.3 is 0 Å². The fourth-order valence-corrected chi connectivity index (χ4v) is 3.85. The van der Waals surface area contributed by atoms with Crippen LogP contribution >= 0.6 is 23.1 Å². The number of carbonyl (C=O) groups is 1.